The number of aromatic nitrogens is 2. The van der Waals surface area contributed by atoms with Gasteiger partial charge in [-0.05, 0) is 61.8 Å². The summed E-state index contributed by atoms with van der Waals surface area (Å²) in [5.74, 6) is 0.291. The Kier molecular flexibility index (Phi) is 8.79. The minimum atomic E-state index is -0.271. The van der Waals surface area contributed by atoms with Gasteiger partial charge in [0.05, 0.1) is 17.6 Å². The maximum Gasteiger partial charge on any atom is 0.324 e. The number of hydrogen-bond donors (Lipinski definition) is 2. The fourth-order valence-corrected chi connectivity index (χ4v) is 5.76. The van der Waals surface area contributed by atoms with Crippen molar-refractivity contribution in [1.82, 2.24) is 20.2 Å². The summed E-state index contributed by atoms with van der Waals surface area (Å²) in [4.78, 5) is 24.1. The molecule has 1 saturated carbocycles. The number of benzene rings is 2. The smallest absolute Gasteiger partial charge is 0.324 e. The van der Waals surface area contributed by atoms with Gasteiger partial charge >= 0.3 is 5.97 Å². The molecule has 3 N–H and O–H groups in total. The van der Waals surface area contributed by atoms with Crippen LogP contribution in [0.1, 0.15) is 42.5 Å². The molecular weight excluding hydrogens is 521 g/mol. The zero-order valence-electron chi connectivity index (χ0n) is 21.3. The summed E-state index contributed by atoms with van der Waals surface area (Å²) >= 11 is 12.6. The highest BCUT2D eigenvalue weighted by molar-refractivity contribution is 6.36. The molecular formula is C29H33Cl2N5O2. The number of aryl methyl sites for hydroxylation is 1. The van der Waals surface area contributed by atoms with Gasteiger partial charge in [0.1, 0.15) is 18.0 Å². The molecule has 0 radical (unpaired) electrons. The second-order valence-electron chi connectivity index (χ2n) is 10.1. The molecule has 5 rings (SSSR count). The standard InChI is InChI=1S/C29H33Cl2N5O2/c30-23-6-3-7-24(31)22(23)12-13-25-28(32)34-16-26(35-25)20-10-8-19(9-11-20)17-36-15-14-33-27(18-36)29(37)38-21-4-1-2-5-21/h3,6-11,16,21,27,33H,1-2,4-5,12-15,17-18H2,(H2,32,34)/t27-/m1/s1. The monoisotopic (exact) mass is 553 g/mol. The molecule has 1 aliphatic heterocycles. The highest BCUT2D eigenvalue weighted by atomic mass is 35.5. The quantitative estimate of drug-likeness (QED) is 0.376. The van der Waals surface area contributed by atoms with Crippen molar-refractivity contribution >= 4 is 35.0 Å². The number of nitrogens with zero attached hydrogens (tertiary/aromatic N) is 3. The van der Waals surface area contributed by atoms with Crippen LogP contribution in [0.15, 0.2) is 48.7 Å². The molecule has 2 heterocycles. The molecule has 1 saturated heterocycles. The van der Waals surface area contributed by atoms with Crippen LogP contribution >= 0.6 is 23.2 Å². The molecule has 2 aliphatic rings. The molecule has 1 aliphatic carbocycles. The van der Waals surface area contributed by atoms with Gasteiger partial charge in [0.15, 0.2) is 0 Å². The van der Waals surface area contributed by atoms with Gasteiger partial charge in [0.25, 0.3) is 0 Å². The lowest BCUT2D eigenvalue weighted by atomic mass is 10.1. The average Bonchev–Trinajstić information content (AvgIpc) is 3.43. The Hall–Kier alpha value is -2.71. The van der Waals surface area contributed by atoms with E-state index >= 15 is 0 Å². The molecule has 0 unspecified atom stereocenters. The summed E-state index contributed by atoms with van der Waals surface area (Å²) in [6, 6.07) is 13.5. The first-order valence-corrected chi connectivity index (χ1v) is 14.0. The maximum atomic E-state index is 12.6. The Morgan fingerprint density at radius 2 is 1.82 bits per heavy atom. The molecule has 3 aromatic rings. The third kappa shape index (κ3) is 6.64. The van der Waals surface area contributed by atoms with Gasteiger partial charge < -0.3 is 15.8 Å². The number of hydrogen-bond acceptors (Lipinski definition) is 7. The van der Waals surface area contributed by atoms with Crippen molar-refractivity contribution in [3.63, 3.8) is 0 Å². The summed E-state index contributed by atoms with van der Waals surface area (Å²) in [6.45, 7) is 3.07. The molecule has 9 heteroatoms. The van der Waals surface area contributed by atoms with Crippen molar-refractivity contribution in [2.24, 2.45) is 0 Å². The van der Waals surface area contributed by atoms with Crippen LogP contribution in [0.5, 0.6) is 0 Å². The van der Waals surface area contributed by atoms with Gasteiger partial charge in [-0.15, -0.1) is 0 Å². The molecule has 0 bridgehead atoms. The third-order valence-corrected chi connectivity index (χ3v) is 8.04. The fraction of sp³-hybridized carbons (Fsp3) is 0.414. The van der Waals surface area contributed by atoms with Crippen LogP contribution in [-0.4, -0.2) is 52.6 Å². The molecule has 0 spiro atoms. The second kappa shape index (κ2) is 12.4. The summed E-state index contributed by atoms with van der Waals surface area (Å²) in [7, 11) is 0. The summed E-state index contributed by atoms with van der Waals surface area (Å²) in [5, 5.41) is 4.59. The van der Waals surface area contributed by atoms with E-state index < -0.39 is 0 Å². The van der Waals surface area contributed by atoms with Crippen molar-refractivity contribution in [2.75, 3.05) is 25.4 Å². The van der Waals surface area contributed by atoms with Crippen LogP contribution in [-0.2, 0) is 28.9 Å². The number of nitrogens with two attached hydrogens (primary N) is 1. The first-order valence-electron chi connectivity index (χ1n) is 13.3. The first-order chi connectivity index (χ1) is 18.5. The van der Waals surface area contributed by atoms with E-state index in [2.05, 4.69) is 39.5 Å². The Balaban J connectivity index is 1.20. The van der Waals surface area contributed by atoms with Crippen molar-refractivity contribution in [1.29, 1.82) is 0 Å². The van der Waals surface area contributed by atoms with E-state index in [1.165, 1.54) is 5.56 Å². The van der Waals surface area contributed by atoms with Crippen LogP contribution < -0.4 is 11.1 Å². The van der Waals surface area contributed by atoms with Crippen molar-refractivity contribution in [3.05, 3.63) is 75.5 Å². The van der Waals surface area contributed by atoms with Crippen molar-refractivity contribution < 1.29 is 9.53 Å². The minimum Gasteiger partial charge on any atom is -0.461 e. The third-order valence-electron chi connectivity index (χ3n) is 7.34. The van der Waals surface area contributed by atoms with Crippen LogP contribution in [0.3, 0.4) is 0 Å². The number of ether oxygens (including phenoxy) is 1. The first kappa shape index (κ1) is 26.9. The number of anilines is 1. The average molecular weight is 555 g/mol. The van der Waals surface area contributed by atoms with Crippen molar-refractivity contribution in [3.8, 4) is 11.3 Å². The Morgan fingerprint density at radius 3 is 2.55 bits per heavy atom. The predicted molar refractivity (Wildman–Crippen MR) is 151 cm³/mol. The number of piperazine rings is 1. The van der Waals surface area contributed by atoms with Gasteiger partial charge in [0.2, 0.25) is 0 Å². The van der Waals surface area contributed by atoms with E-state index in [0.717, 1.165) is 67.8 Å². The summed E-state index contributed by atoms with van der Waals surface area (Å²) in [5.41, 5.74) is 10.6. The molecule has 38 heavy (non-hydrogen) atoms. The van der Waals surface area contributed by atoms with Crippen LogP contribution in [0, 0.1) is 0 Å². The van der Waals surface area contributed by atoms with Gasteiger partial charge in [-0.2, -0.15) is 0 Å². The van der Waals surface area contributed by atoms with Gasteiger partial charge in [0, 0.05) is 41.8 Å². The molecule has 1 aromatic heterocycles. The summed E-state index contributed by atoms with van der Waals surface area (Å²) < 4.78 is 5.72. The number of rotatable bonds is 8. The van der Waals surface area contributed by atoms with Crippen LogP contribution in [0.2, 0.25) is 10.0 Å². The lowest BCUT2D eigenvalue weighted by Crippen LogP contribution is -2.54. The number of nitrogen functional groups attached to an aromatic ring is 1. The SMILES string of the molecule is Nc1ncc(-c2ccc(CN3CCN[C@@H](C(=O)OC4CCCC4)C3)cc2)nc1CCc1c(Cl)cccc1Cl. The number of esters is 1. The highest BCUT2D eigenvalue weighted by Gasteiger charge is 2.29. The van der Waals surface area contributed by atoms with Gasteiger partial charge in [-0.25, -0.2) is 9.97 Å². The Labute approximate surface area is 233 Å². The molecule has 2 fully saturated rings. The number of halogens is 2. The van der Waals surface area contributed by atoms with E-state index in [1.54, 1.807) is 6.20 Å². The minimum absolute atomic E-state index is 0.0955. The lowest BCUT2D eigenvalue weighted by Gasteiger charge is -2.33. The number of carbonyl (C=O) groups excluding carboxylic acids is 1. The summed E-state index contributed by atoms with van der Waals surface area (Å²) in [6.07, 6.45) is 7.29. The molecule has 2 aromatic carbocycles. The van der Waals surface area contributed by atoms with E-state index in [0.29, 0.717) is 35.2 Å². The Bertz CT molecular complexity index is 1240. The fourth-order valence-electron chi connectivity index (χ4n) is 5.18. The highest BCUT2D eigenvalue weighted by Crippen LogP contribution is 2.27. The van der Waals surface area contributed by atoms with E-state index in [-0.39, 0.29) is 18.1 Å². The molecule has 0 amide bonds. The Morgan fingerprint density at radius 1 is 1.08 bits per heavy atom. The molecule has 7 nitrogen and oxygen atoms in total. The molecule has 200 valence electrons. The zero-order valence-corrected chi connectivity index (χ0v) is 22.8. The predicted octanol–water partition coefficient (Wildman–Crippen LogP) is 5.08. The second-order valence-corrected chi connectivity index (χ2v) is 10.9. The van der Waals surface area contributed by atoms with E-state index in [1.807, 2.05) is 18.2 Å². The lowest BCUT2D eigenvalue weighted by molar-refractivity contribution is -0.152. The zero-order chi connectivity index (χ0) is 26.5. The maximum absolute atomic E-state index is 12.6. The largest absolute Gasteiger partial charge is 0.461 e. The van der Waals surface area contributed by atoms with Gasteiger partial charge in [-0.3, -0.25) is 9.69 Å². The van der Waals surface area contributed by atoms with Crippen LogP contribution in [0.4, 0.5) is 5.82 Å². The molecule has 1 atom stereocenters. The topological polar surface area (TPSA) is 93.4 Å². The van der Waals surface area contributed by atoms with E-state index in [9.17, 15) is 4.79 Å². The number of carbonyl (C=O) groups is 1. The van der Waals surface area contributed by atoms with Crippen molar-refractivity contribution in [2.45, 2.75) is 57.2 Å². The normalized spacial score (nSPS) is 18.5. The van der Waals surface area contributed by atoms with Crippen LogP contribution in [0.25, 0.3) is 11.3 Å². The number of nitrogens with one attached hydrogen (secondary N) is 1. The van der Waals surface area contributed by atoms with Gasteiger partial charge in [-0.1, -0.05) is 53.5 Å². The van der Waals surface area contributed by atoms with E-state index in [4.69, 9.17) is 38.7 Å².